The van der Waals surface area contributed by atoms with E-state index in [4.69, 9.17) is 4.42 Å². The highest BCUT2D eigenvalue weighted by atomic mass is 32.2. The molecule has 0 radical (unpaired) electrons. The highest BCUT2D eigenvalue weighted by Gasteiger charge is 2.37. The van der Waals surface area contributed by atoms with Crippen molar-refractivity contribution in [1.82, 2.24) is 15.2 Å². The number of carbonyl (C=O) groups is 1. The summed E-state index contributed by atoms with van der Waals surface area (Å²) in [6.45, 7) is 1.68. The molecule has 8 nitrogen and oxygen atoms in total. The number of hydrogen-bond donors (Lipinski definition) is 2. The second-order valence-corrected chi connectivity index (χ2v) is 7.04. The summed E-state index contributed by atoms with van der Waals surface area (Å²) in [5.74, 6) is -2.04. The lowest BCUT2D eigenvalue weighted by molar-refractivity contribution is -0.155. The first kappa shape index (κ1) is 17.5. The van der Waals surface area contributed by atoms with Gasteiger partial charge in [-0.1, -0.05) is 5.16 Å². The SMILES string of the molecule is Cc1oc(-c2cc(C(F)(F)F)on2)cc1S(=O)(=O)N[C@@H]1CCNC1=O. The van der Waals surface area contributed by atoms with Gasteiger partial charge in [0.15, 0.2) is 5.76 Å². The van der Waals surface area contributed by atoms with Crippen molar-refractivity contribution in [2.24, 2.45) is 0 Å². The molecule has 2 aromatic heterocycles. The Hall–Kier alpha value is -2.34. The van der Waals surface area contributed by atoms with Crippen molar-refractivity contribution in [2.45, 2.75) is 30.5 Å². The van der Waals surface area contributed by atoms with Crippen molar-refractivity contribution >= 4 is 15.9 Å². The van der Waals surface area contributed by atoms with E-state index in [0.717, 1.165) is 6.07 Å². The number of furan rings is 1. The number of rotatable bonds is 4. The number of nitrogens with one attached hydrogen (secondary N) is 2. The molecule has 1 atom stereocenters. The summed E-state index contributed by atoms with van der Waals surface area (Å²) in [6.07, 6.45) is -4.43. The van der Waals surface area contributed by atoms with Gasteiger partial charge in [-0.2, -0.15) is 17.9 Å². The van der Waals surface area contributed by atoms with Gasteiger partial charge < -0.3 is 14.3 Å². The largest absolute Gasteiger partial charge is 0.458 e. The Morgan fingerprint density at radius 2 is 2.08 bits per heavy atom. The third-order valence-electron chi connectivity index (χ3n) is 3.55. The van der Waals surface area contributed by atoms with Gasteiger partial charge in [-0.05, 0) is 13.3 Å². The average molecular weight is 379 g/mol. The fourth-order valence-corrected chi connectivity index (χ4v) is 3.75. The molecule has 1 saturated heterocycles. The number of nitrogens with zero attached hydrogens (tertiary/aromatic N) is 1. The van der Waals surface area contributed by atoms with Crippen LogP contribution >= 0.6 is 0 Å². The molecule has 0 spiro atoms. The van der Waals surface area contributed by atoms with E-state index in [1.54, 1.807) is 0 Å². The third kappa shape index (κ3) is 3.39. The number of hydrogen-bond acceptors (Lipinski definition) is 6. The first-order valence-corrected chi connectivity index (χ1v) is 8.51. The predicted molar refractivity (Wildman–Crippen MR) is 75.7 cm³/mol. The van der Waals surface area contributed by atoms with Crippen LogP contribution in [0.1, 0.15) is 17.9 Å². The second-order valence-electron chi connectivity index (χ2n) is 5.36. The maximum absolute atomic E-state index is 12.5. The summed E-state index contributed by atoms with van der Waals surface area (Å²) < 4.78 is 74.0. The van der Waals surface area contributed by atoms with E-state index in [2.05, 4.69) is 19.7 Å². The molecule has 1 aliphatic heterocycles. The lowest BCUT2D eigenvalue weighted by atomic mass is 10.3. The molecular formula is C13H12F3N3O5S. The van der Waals surface area contributed by atoms with Crippen molar-refractivity contribution in [3.8, 4) is 11.5 Å². The van der Waals surface area contributed by atoms with Gasteiger partial charge >= 0.3 is 6.18 Å². The topological polar surface area (TPSA) is 114 Å². The molecule has 2 N–H and O–H groups in total. The number of halogens is 3. The lowest BCUT2D eigenvalue weighted by Crippen LogP contribution is -2.40. The molecule has 1 amide bonds. The van der Waals surface area contributed by atoms with Crippen LogP contribution in [-0.2, 0) is 21.0 Å². The number of alkyl halides is 3. The van der Waals surface area contributed by atoms with Crippen molar-refractivity contribution in [2.75, 3.05) is 6.54 Å². The van der Waals surface area contributed by atoms with Crippen LogP contribution in [0.5, 0.6) is 0 Å². The van der Waals surface area contributed by atoms with E-state index >= 15 is 0 Å². The third-order valence-corrected chi connectivity index (χ3v) is 5.13. The van der Waals surface area contributed by atoms with Crippen LogP contribution in [-0.4, -0.2) is 32.1 Å². The predicted octanol–water partition coefficient (Wildman–Crippen LogP) is 1.43. The summed E-state index contributed by atoms with van der Waals surface area (Å²) in [4.78, 5) is 11.2. The standard InChI is InChI=1S/C13H12F3N3O5S/c1-6-10(25(21,22)19-7-2-3-17-12(7)20)5-9(23-6)8-4-11(24-18-8)13(14,15)16/h4-5,7,19H,2-3H2,1H3,(H,17,20)/t7-/m1/s1. The van der Waals surface area contributed by atoms with Crippen LogP contribution < -0.4 is 10.0 Å². The first-order valence-electron chi connectivity index (χ1n) is 7.03. The van der Waals surface area contributed by atoms with E-state index in [-0.39, 0.29) is 22.1 Å². The summed E-state index contributed by atoms with van der Waals surface area (Å²) in [5.41, 5.74) is -0.296. The lowest BCUT2D eigenvalue weighted by Gasteiger charge is -2.09. The smallest absolute Gasteiger partial charge is 0.452 e. The van der Waals surface area contributed by atoms with Crippen molar-refractivity contribution in [3.63, 3.8) is 0 Å². The van der Waals surface area contributed by atoms with Crippen molar-refractivity contribution in [1.29, 1.82) is 0 Å². The Balaban J connectivity index is 1.89. The summed E-state index contributed by atoms with van der Waals surface area (Å²) in [5, 5.41) is 5.72. The molecule has 3 heterocycles. The Morgan fingerprint density at radius 1 is 1.36 bits per heavy atom. The molecule has 25 heavy (non-hydrogen) atoms. The van der Waals surface area contributed by atoms with E-state index in [1.807, 2.05) is 0 Å². The zero-order valence-corrected chi connectivity index (χ0v) is 13.5. The highest BCUT2D eigenvalue weighted by Crippen LogP contribution is 2.34. The van der Waals surface area contributed by atoms with E-state index in [0.29, 0.717) is 19.0 Å². The molecular weight excluding hydrogens is 367 g/mol. The molecule has 0 bridgehead atoms. The molecule has 0 aromatic carbocycles. The van der Waals surface area contributed by atoms with Crippen molar-refractivity contribution in [3.05, 3.63) is 23.7 Å². The van der Waals surface area contributed by atoms with Gasteiger partial charge in [-0.3, -0.25) is 4.79 Å². The van der Waals surface area contributed by atoms with E-state index in [9.17, 15) is 26.4 Å². The zero-order chi connectivity index (χ0) is 18.4. The molecule has 0 saturated carbocycles. The number of carbonyl (C=O) groups excluding carboxylic acids is 1. The monoisotopic (exact) mass is 379 g/mol. The summed E-state index contributed by atoms with van der Waals surface area (Å²) >= 11 is 0. The Labute approximate surface area is 139 Å². The van der Waals surface area contributed by atoms with E-state index < -0.39 is 33.9 Å². The van der Waals surface area contributed by atoms with Gasteiger partial charge in [0.05, 0.1) is 0 Å². The highest BCUT2D eigenvalue weighted by molar-refractivity contribution is 7.89. The van der Waals surface area contributed by atoms with E-state index in [1.165, 1.54) is 6.92 Å². The number of amides is 1. The first-order chi connectivity index (χ1) is 11.6. The molecule has 0 unspecified atom stereocenters. The minimum Gasteiger partial charge on any atom is -0.458 e. The van der Waals surface area contributed by atoms with Crippen LogP contribution in [0, 0.1) is 6.92 Å². The maximum atomic E-state index is 12.5. The number of aryl methyl sites for hydroxylation is 1. The van der Waals surface area contributed by atoms with Gasteiger partial charge in [0.25, 0.3) is 0 Å². The normalized spacial score (nSPS) is 18.6. The quantitative estimate of drug-likeness (QED) is 0.831. The Kier molecular flexibility index (Phi) is 4.11. The summed E-state index contributed by atoms with van der Waals surface area (Å²) in [6, 6.07) is 0.723. The van der Waals surface area contributed by atoms with Crippen LogP contribution in [0.2, 0.25) is 0 Å². The van der Waals surface area contributed by atoms with Crippen LogP contribution in [0.3, 0.4) is 0 Å². The number of sulfonamides is 1. The van der Waals surface area contributed by atoms with Gasteiger partial charge in [0, 0.05) is 18.7 Å². The maximum Gasteiger partial charge on any atom is 0.452 e. The Morgan fingerprint density at radius 3 is 2.64 bits per heavy atom. The zero-order valence-electron chi connectivity index (χ0n) is 12.7. The van der Waals surface area contributed by atoms with Crippen LogP contribution in [0.15, 0.2) is 26.0 Å². The van der Waals surface area contributed by atoms with Gasteiger partial charge in [-0.15, -0.1) is 0 Å². The molecule has 0 aliphatic carbocycles. The van der Waals surface area contributed by atoms with Gasteiger partial charge in [0.1, 0.15) is 22.4 Å². The fraction of sp³-hybridized carbons (Fsp3) is 0.385. The molecule has 1 aliphatic rings. The fourth-order valence-electron chi connectivity index (χ4n) is 2.34. The van der Waals surface area contributed by atoms with Crippen molar-refractivity contribution < 1.29 is 35.3 Å². The molecule has 136 valence electrons. The second kappa shape index (κ2) is 5.88. The van der Waals surface area contributed by atoms with Crippen LogP contribution in [0.25, 0.3) is 11.5 Å². The van der Waals surface area contributed by atoms with Gasteiger partial charge in [-0.25, -0.2) is 8.42 Å². The minimum absolute atomic E-state index is 0.0579. The van der Waals surface area contributed by atoms with Crippen LogP contribution in [0.4, 0.5) is 13.2 Å². The molecule has 1 fully saturated rings. The Bertz CT molecular complexity index is 916. The minimum atomic E-state index is -4.72. The van der Waals surface area contributed by atoms with Gasteiger partial charge in [0.2, 0.25) is 21.7 Å². The molecule has 12 heteroatoms. The molecule has 2 aromatic rings. The average Bonchev–Trinajstić information content (AvgIpc) is 3.18. The summed E-state index contributed by atoms with van der Waals surface area (Å²) in [7, 11) is -4.10. The molecule has 3 rings (SSSR count). The number of aromatic nitrogens is 1.